The number of aliphatic hydroxyl groups is 1. The molecule has 0 aliphatic carbocycles. The summed E-state index contributed by atoms with van der Waals surface area (Å²) >= 11 is 0. The van der Waals surface area contributed by atoms with Gasteiger partial charge in [-0.15, -0.1) is 0 Å². The van der Waals surface area contributed by atoms with Crippen LogP contribution in [0.4, 0.5) is 0 Å². The van der Waals surface area contributed by atoms with E-state index in [1.807, 2.05) is 0 Å². The molecule has 1 heterocycles. The first-order valence-corrected chi connectivity index (χ1v) is 4.71. The molecule has 0 radical (unpaired) electrons. The van der Waals surface area contributed by atoms with Crippen molar-refractivity contribution in [2.75, 3.05) is 13.2 Å². The summed E-state index contributed by atoms with van der Waals surface area (Å²) in [6.45, 7) is 3.73. The van der Waals surface area contributed by atoms with Crippen LogP contribution in [0.25, 0.3) is 0 Å². The normalized spacial score (nSPS) is 32.2. The molecule has 0 aromatic rings. The van der Waals surface area contributed by atoms with Crippen molar-refractivity contribution >= 4 is 0 Å². The summed E-state index contributed by atoms with van der Waals surface area (Å²) in [5.74, 6) is 0.880. The van der Waals surface area contributed by atoms with Crippen molar-refractivity contribution < 1.29 is 5.11 Å². The van der Waals surface area contributed by atoms with Gasteiger partial charge in [0, 0.05) is 12.6 Å². The molecular formula is C9H19NO. The van der Waals surface area contributed by atoms with Gasteiger partial charge in [-0.25, -0.2) is 0 Å². The molecule has 2 N–H and O–H groups in total. The maximum absolute atomic E-state index is 8.70. The van der Waals surface area contributed by atoms with Crippen molar-refractivity contribution in [3.63, 3.8) is 0 Å². The highest BCUT2D eigenvalue weighted by Crippen LogP contribution is 2.18. The number of hydrogen-bond donors (Lipinski definition) is 2. The largest absolute Gasteiger partial charge is 0.396 e. The summed E-state index contributed by atoms with van der Waals surface area (Å²) in [7, 11) is 0. The summed E-state index contributed by atoms with van der Waals surface area (Å²) in [5.41, 5.74) is 0. The second kappa shape index (κ2) is 4.73. The molecule has 0 amide bonds. The number of rotatable bonds is 3. The molecule has 2 atom stereocenters. The molecule has 11 heavy (non-hydrogen) atoms. The van der Waals surface area contributed by atoms with Gasteiger partial charge in [0.1, 0.15) is 0 Å². The quantitative estimate of drug-likeness (QED) is 0.644. The van der Waals surface area contributed by atoms with Crippen LogP contribution in [0.15, 0.2) is 0 Å². The van der Waals surface area contributed by atoms with Crippen molar-refractivity contribution in [2.24, 2.45) is 5.92 Å². The van der Waals surface area contributed by atoms with Gasteiger partial charge in [0.2, 0.25) is 0 Å². The molecule has 0 spiro atoms. The number of hydrogen-bond acceptors (Lipinski definition) is 2. The molecule has 0 saturated carbocycles. The van der Waals surface area contributed by atoms with Crippen LogP contribution in [0, 0.1) is 5.92 Å². The SMILES string of the molecule is CC[C@H]1CC[C@@H](CCO)NC1. The summed E-state index contributed by atoms with van der Waals surface area (Å²) < 4.78 is 0. The van der Waals surface area contributed by atoms with Crippen LogP contribution < -0.4 is 5.32 Å². The first kappa shape index (κ1) is 9.01. The molecule has 0 bridgehead atoms. The molecule has 0 aromatic heterocycles. The Labute approximate surface area is 69.0 Å². The number of aliphatic hydroxyl groups excluding tert-OH is 1. The van der Waals surface area contributed by atoms with E-state index in [0.717, 1.165) is 18.9 Å². The zero-order valence-corrected chi connectivity index (χ0v) is 7.34. The van der Waals surface area contributed by atoms with Crippen LogP contribution >= 0.6 is 0 Å². The Hall–Kier alpha value is -0.0800. The van der Waals surface area contributed by atoms with Gasteiger partial charge in [-0.05, 0) is 31.7 Å². The van der Waals surface area contributed by atoms with Gasteiger partial charge in [0.15, 0.2) is 0 Å². The summed E-state index contributed by atoms with van der Waals surface area (Å²) in [5, 5.41) is 12.2. The summed E-state index contributed by atoms with van der Waals surface area (Å²) in [6, 6.07) is 0.586. The molecule has 0 unspecified atom stereocenters. The minimum atomic E-state index is 0.328. The van der Waals surface area contributed by atoms with Crippen molar-refractivity contribution in [1.82, 2.24) is 5.32 Å². The lowest BCUT2D eigenvalue weighted by Crippen LogP contribution is -2.39. The predicted octanol–water partition coefficient (Wildman–Crippen LogP) is 1.15. The predicted molar refractivity (Wildman–Crippen MR) is 46.5 cm³/mol. The van der Waals surface area contributed by atoms with Crippen molar-refractivity contribution in [2.45, 2.75) is 38.6 Å². The van der Waals surface area contributed by atoms with E-state index in [9.17, 15) is 0 Å². The highest BCUT2D eigenvalue weighted by molar-refractivity contribution is 4.76. The van der Waals surface area contributed by atoms with Crippen molar-refractivity contribution in [3.8, 4) is 0 Å². The van der Waals surface area contributed by atoms with Crippen LogP contribution in [0.5, 0.6) is 0 Å². The average Bonchev–Trinajstić information content (AvgIpc) is 2.07. The smallest absolute Gasteiger partial charge is 0.0445 e. The van der Waals surface area contributed by atoms with E-state index >= 15 is 0 Å². The minimum Gasteiger partial charge on any atom is -0.396 e. The van der Waals surface area contributed by atoms with Gasteiger partial charge in [-0.1, -0.05) is 13.3 Å². The lowest BCUT2D eigenvalue weighted by atomic mass is 9.92. The van der Waals surface area contributed by atoms with E-state index < -0.39 is 0 Å². The van der Waals surface area contributed by atoms with E-state index in [0.29, 0.717) is 12.6 Å². The fourth-order valence-corrected chi connectivity index (χ4v) is 1.73. The van der Waals surface area contributed by atoms with E-state index in [1.54, 1.807) is 0 Å². The second-order valence-electron chi connectivity index (χ2n) is 3.47. The molecule has 1 fully saturated rings. The molecule has 2 heteroatoms. The lowest BCUT2D eigenvalue weighted by Gasteiger charge is -2.28. The maximum atomic E-state index is 8.70. The monoisotopic (exact) mass is 157 g/mol. The Bertz CT molecular complexity index is 97.7. The topological polar surface area (TPSA) is 32.3 Å². The van der Waals surface area contributed by atoms with Gasteiger partial charge in [-0.3, -0.25) is 0 Å². The van der Waals surface area contributed by atoms with Crippen LogP contribution in [0.1, 0.15) is 32.6 Å². The molecule has 0 aromatic carbocycles. The Morgan fingerprint density at radius 1 is 1.45 bits per heavy atom. The second-order valence-corrected chi connectivity index (χ2v) is 3.47. The zero-order valence-electron chi connectivity index (χ0n) is 7.34. The fraction of sp³-hybridized carbons (Fsp3) is 1.00. The number of piperidine rings is 1. The highest BCUT2D eigenvalue weighted by Gasteiger charge is 2.17. The fourth-order valence-electron chi connectivity index (χ4n) is 1.73. The Morgan fingerprint density at radius 3 is 2.73 bits per heavy atom. The summed E-state index contributed by atoms with van der Waals surface area (Å²) in [6.07, 6.45) is 4.81. The molecule has 2 nitrogen and oxygen atoms in total. The molecule has 1 rings (SSSR count). The van der Waals surface area contributed by atoms with Crippen molar-refractivity contribution in [3.05, 3.63) is 0 Å². The van der Waals surface area contributed by atoms with Gasteiger partial charge in [0.25, 0.3) is 0 Å². The molecule has 66 valence electrons. The van der Waals surface area contributed by atoms with E-state index in [4.69, 9.17) is 5.11 Å². The first-order valence-electron chi connectivity index (χ1n) is 4.71. The van der Waals surface area contributed by atoms with E-state index in [-0.39, 0.29) is 0 Å². The van der Waals surface area contributed by atoms with Crippen LogP contribution in [-0.4, -0.2) is 24.3 Å². The van der Waals surface area contributed by atoms with E-state index in [2.05, 4.69) is 12.2 Å². The summed E-state index contributed by atoms with van der Waals surface area (Å²) in [4.78, 5) is 0. The maximum Gasteiger partial charge on any atom is 0.0445 e. The van der Waals surface area contributed by atoms with Gasteiger partial charge < -0.3 is 10.4 Å². The standard InChI is InChI=1S/C9H19NO/c1-2-8-3-4-9(5-6-11)10-7-8/h8-11H,2-7H2,1H3/t8-,9-/m0/s1. The zero-order chi connectivity index (χ0) is 8.10. The number of nitrogens with one attached hydrogen (secondary N) is 1. The molecule has 1 saturated heterocycles. The Kier molecular flexibility index (Phi) is 3.87. The van der Waals surface area contributed by atoms with Crippen LogP contribution in [0.2, 0.25) is 0 Å². The molecular weight excluding hydrogens is 138 g/mol. The molecule has 1 aliphatic rings. The third-order valence-electron chi connectivity index (χ3n) is 2.67. The van der Waals surface area contributed by atoms with Crippen molar-refractivity contribution in [1.29, 1.82) is 0 Å². The highest BCUT2D eigenvalue weighted by atomic mass is 16.3. The van der Waals surface area contributed by atoms with Gasteiger partial charge >= 0.3 is 0 Å². The van der Waals surface area contributed by atoms with Crippen LogP contribution in [0.3, 0.4) is 0 Å². The third kappa shape index (κ3) is 2.80. The lowest BCUT2D eigenvalue weighted by molar-refractivity contribution is 0.229. The Balaban J connectivity index is 2.14. The third-order valence-corrected chi connectivity index (χ3v) is 2.67. The average molecular weight is 157 g/mol. The minimum absolute atomic E-state index is 0.328. The van der Waals surface area contributed by atoms with E-state index in [1.165, 1.54) is 19.3 Å². The van der Waals surface area contributed by atoms with Crippen LogP contribution in [-0.2, 0) is 0 Å². The molecule has 1 aliphatic heterocycles. The van der Waals surface area contributed by atoms with Gasteiger partial charge in [-0.2, -0.15) is 0 Å². The van der Waals surface area contributed by atoms with Gasteiger partial charge in [0.05, 0.1) is 0 Å². The first-order chi connectivity index (χ1) is 5.36. The Morgan fingerprint density at radius 2 is 2.27 bits per heavy atom.